The molecule has 0 saturated carbocycles. The van der Waals surface area contributed by atoms with Gasteiger partial charge in [-0.25, -0.2) is 4.79 Å². The number of thioether (sulfide) groups is 1. The van der Waals surface area contributed by atoms with E-state index < -0.39 is 5.25 Å². The second-order valence-corrected chi connectivity index (χ2v) is 5.89. The standard InChI is InChI=1S/C13H13N5O3S/c1-8(11(19)18-6-5-15-12(18)20)22-13-17-16-10(21-13)9-3-2-4-14-7-9/h2-4,7-8H,5-6H2,1H3,(H,15,20)/t8-/m1/s1. The number of hydrogen-bond donors (Lipinski definition) is 1. The minimum Gasteiger partial charge on any atom is -0.411 e. The van der Waals surface area contributed by atoms with Gasteiger partial charge < -0.3 is 9.73 Å². The van der Waals surface area contributed by atoms with Gasteiger partial charge in [0.15, 0.2) is 0 Å². The summed E-state index contributed by atoms with van der Waals surface area (Å²) in [6.45, 7) is 2.56. The summed E-state index contributed by atoms with van der Waals surface area (Å²) in [6.07, 6.45) is 3.27. The van der Waals surface area contributed by atoms with E-state index >= 15 is 0 Å². The molecule has 1 atom stereocenters. The quantitative estimate of drug-likeness (QED) is 0.844. The zero-order chi connectivity index (χ0) is 15.5. The van der Waals surface area contributed by atoms with Gasteiger partial charge in [0.25, 0.3) is 5.22 Å². The predicted molar refractivity (Wildman–Crippen MR) is 78.0 cm³/mol. The predicted octanol–water partition coefficient (Wildman–Crippen LogP) is 1.16. The lowest BCUT2D eigenvalue weighted by Crippen LogP contribution is -2.38. The molecule has 0 radical (unpaired) electrons. The first-order valence-electron chi connectivity index (χ1n) is 6.65. The molecule has 22 heavy (non-hydrogen) atoms. The average molecular weight is 319 g/mol. The minimum absolute atomic E-state index is 0.277. The molecule has 3 amide bonds. The van der Waals surface area contributed by atoms with Crippen LogP contribution in [0, 0.1) is 0 Å². The Labute approximate surface area is 130 Å². The molecule has 3 heterocycles. The Morgan fingerprint density at radius 1 is 1.50 bits per heavy atom. The van der Waals surface area contributed by atoms with Crippen molar-refractivity contribution in [1.29, 1.82) is 0 Å². The molecule has 114 valence electrons. The van der Waals surface area contributed by atoms with Gasteiger partial charge in [0.2, 0.25) is 11.8 Å². The van der Waals surface area contributed by atoms with Crippen molar-refractivity contribution < 1.29 is 14.0 Å². The highest BCUT2D eigenvalue weighted by molar-refractivity contribution is 8.00. The van der Waals surface area contributed by atoms with Crippen LogP contribution in [0.5, 0.6) is 0 Å². The van der Waals surface area contributed by atoms with Crippen molar-refractivity contribution in [3.63, 3.8) is 0 Å². The maximum absolute atomic E-state index is 12.2. The van der Waals surface area contributed by atoms with Gasteiger partial charge in [-0.2, -0.15) is 0 Å². The lowest BCUT2D eigenvalue weighted by molar-refractivity contribution is -0.126. The number of nitrogens with one attached hydrogen (secondary N) is 1. The number of carbonyl (C=O) groups is 2. The molecular weight excluding hydrogens is 306 g/mol. The number of carbonyl (C=O) groups excluding carboxylic acids is 2. The highest BCUT2D eigenvalue weighted by atomic mass is 32.2. The van der Waals surface area contributed by atoms with Gasteiger partial charge >= 0.3 is 6.03 Å². The summed E-state index contributed by atoms with van der Waals surface area (Å²) in [7, 11) is 0. The number of urea groups is 1. The topological polar surface area (TPSA) is 101 Å². The highest BCUT2D eigenvalue weighted by Crippen LogP contribution is 2.26. The first kappa shape index (κ1) is 14.5. The van der Waals surface area contributed by atoms with Crippen molar-refractivity contribution in [3.8, 4) is 11.5 Å². The number of rotatable bonds is 4. The minimum atomic E-state index is -0.494. The molecule has 1 N–H and O–H groups in total. The summed E-state index contributed by atoms with van der Waals surface area (Å²) >= 11 is 1.12. The second-order valence-electron chi connectivity index (χ2n) is 4.60. The Morgan fingerprint density at radius 2 is 2.36 bits per heavy atom. The number of pyridine rings is 1. The van der Waals surface area contributed by atoms with E-state index in [1.807, 2.05) is 0 Å². The zero-order valence-electron chi connectivity index (χ0n) is 11.7. The largest absolute Gasteiger partial charge is 0.411 e. The third-order valence-electron chi connectivity index (χ3n) is 3.06. The molecule has 1 saturated heterocycles. The zero-order valence-corrected chi connectivity index (χ0v) is 12.5. The lowest BCUT2D eigenvalue weighted by Gasteiger charge is -2.15. The first-order valence-corrected chi connectivity index (χ1v) is 7.53. The maximum atomic E-state index is 12.2. The first-order chi connectivity index (χ1) is 10.6. The van der Waals surface area contributed by atoms with Crippen molar-refractivity contribution in [2.45, 2.75) is 17.4 Å². The van der Waals surface area contributed by atoms with E-state index in [0.29, 0.717) is 24.5 Å². The molecule has 3 rings (SSSR count). The van der Waals surface area contributed by atoms with Gasteiger partial charge in [0.05, 0.1) is 10.8 Å². The Bertz CT molecular complexity index is 690. The number of aromatic nitrogens is 3. The average Bonchev–Trinajstić information content (AvgIpc) is 3.16. The molecule has 2 aromatic heterocycles. The highest BCUT2D eigenvalue weighted by Gasteiger charge is 2.31. The van der Waals surface area contributed by atoms with E-state index in [0.717, 1.165) is 11.8 Å². The van der Waals surface area contributed by atoms with Crippen LogP contribution in [0.25, 0.3) is 11.5 Å². The van der Waals surface area contributed by atoms with Gasteiger partial charge in [-0.05, 0) is 19.1 Å². The summed E-state index contributed by atoms with van der Waals surface area (Å²) in [5.74, 6) is 0.0651. The molecule has 0 aliphatic carbocycles. The van der Waals surface area contributed by atoms with Crippen molar-refractivity contribution in [1.82, 2.24) is 25.4 Å². The fourth-order valence-corrected chi connectivity index (χ4v) is 2.71. The summed E-state index contributed by atoms with van der Waals surface area (Å²) in [6, 6.07) is 3.21. The van der Waals surface area contributed by atoms with Crippen LogP contribution in [0.15, 0.2) is 34.2 Å². The fourth-order valence-electron chi connectivity index (χ4n) is 1.97. The summed E-state index contributed by atoms with van der Waals surface area (Å²) in [4.78, 5) is 28.8. The van der Waals surface area contributed by atoms with Gasteiger partial charge in [-0.15, -0.1) is 10.2 Å². The van der Waals surface area contributed by atoms with E-state index in [-0.39, 0.29) is 17.2 Å². The molecule has 1 aliphatic heterocycles. The summed E-state index contributed by atoms with van der Waals surface area (Å²) in [5.41, 5.74) is 0.708. The molecule has 0 aromatic carbocycles. The van der Waals surface area contributed by atoms with Crippen LogP contribution in [0.3, 0.4) is 0 Å². The molecule has 0 bridgehead atoms. The Hall–Kier alpha value is -2.42. The van der Waals surface area contributed by atoms with Gasteiger partial charge in [0, 0.05) is 25.5 Å². The molecule has 1 aliphatic rings. The SMILES string of the molecule is C[C@@H](Sc1nnc(-c2cccnc2)o1)C(=O)N1CCNC1=O. The molecular formula is C13H13N5O3S. The van der Waals surface area contributed by atoms with Crippen molar-refractivity contribution in [2.24, 2.45) is 0 Å². The molecule has 0 unspecified atom stereocenters. The van der Waals surface area contributed by atoms with E-state index in [1.54, 1.807) is 31.5 Å². The monoisotopic (exact) mass is 319 g/mol. The normalized spacial score (nSPS) is 15.7. The van der Waals surface area contributed by atoms with E-state index in [1.165, 1.54) is 4.90 Å². The van der Waals surface area contributed by atoms with Gasteiger partial charge in [0.1, 0.15) is 0 Å². The van der Waals surface area contributed by atoms with Gasteiger partial charge in [-0.3, -0.25) is 14.7 Å². The van der Waals surface area contributed by atoms with Crippen LogP contribution < -0.4 is 5.32 Å². The molecule has 8 nitrogen and oxygen atoms in total. The van der Waals surface area contributed by atoms with Crippen molar-refractivity contribution in [3.05, 3.63) is 24.5 Å². The molecule has 9 heteroatoms. The third-order valence-corrected chi connectivity index (χ3v) is 3.98. The van der Waals surface area contributed by atoms with Crippen LogP contribution in [0.4, 0.5) is 4.79 Å². The van der Waals surface area contributed by atoms with Crippen molar-refractivity contribution >= 4 is 23.7 Å². The molecule has 1 fully saturated rings. The lowest BCUT2D eigenvalue weighted by atomic mass is 10.3. The Kier molecular flexibility index (Phi) is 4.05. The molecule has 2 aromatic rings. The van der Waals surface area contributed by atoms with Gasteiger partial charge in [-0.1, -0.05) is 11.8 Å². The van der Waals surface area contributed by atoms with E-state index in [4.69, 9.17) is 4.42 Å². The molecule has 0 spiro atoms. The van der Waals surface area contributed by atoms with Crippen LogP contribution in [-0.2, 0) is 4.79 Å². The van der Waals surface area contributed by atoms with Crippen LogP contribution >= 0.6 is 11.8 Å². The van der Waals surface area contributed by atoms with Crippen molar-refractivity contribution in [2.75, 3.05) is 13.1 Å². The Balaban J connectivity index is 1.67. The fraction of sp³-hybridized carbons (Fsp3) is 0.308. The Morgan fingerprint density at radius 3 is 3.05 bits per heavy atom. The maximum Gasteiger partial charge on any atom is 0.324 e. The van der Waals surface area contributed by atoms with Crippen LogP contribution in [0.1, 0.15) is 6.92 Å². The third kappa shape index (κ3) is 2.93. The number of hydrogen-bond acceptors (Lipinski definition) is 7. The van der Waals surface area contributed by atoms with E-state index in [2.05, 4.69) is 20.5 Å². The summed E-state index contributed by atoms with van der Waals surface area (Å²) < 4.78 is 5.51. The van der Waals surface area contributed by atoms with Crippen LogP contribution in [-0.4, -0.2) is 50.4 Å². The summed E-state index contributed by atoms with van der Waals surface area (Å²) in [5, 5.41) is 10.2. The number of imide groups is 1. The second kappa shape index (κ2) is 6.14. The van der Waals surface area contributed by atoms with Crippen LogP contribution in [0.2, 0.25) is 0 Å². The smallest absolute Gasteiger partial charge is 0.324 e. The number of amides is 3. The number of nitrogens with zero attached hydrogens (tertiary/aromatic N) is 4. The van der Waals surface area contributed by atoms with E-state index in [9.17, 15) is 9.59 Å².